The SMILES string of the molecule is OC1CCCC(CNCC(O)c2ccccc2Cl)C1. The van der Waals surface area contributed by atoms with Crippen LogP contribution in [0, 0.1) is 5.92 Å². The summed E-state index contributed by atoms with van der Waals surface area (Å²) >= 11 is 6.05. The highest BCUT2D eigenvalue weighted by Gasteiger charge is 2.20. The molecule has 0 saturated heterocycles. The van der Waals surface area contributed by atoms with E-state index in [1.807, 2.05) is 18.2 Å². The van der Waals surface area contributed by atoms with Crippen LogP contribution in [-0.4, -0.2) is 29.4 Å². The smallest absolute Gasteiger partial charge is 0.0928 e. The zero-order chi connectivity index (χ0) is 13.7. The third-order valence-corrected chi connectivity index (χ3v) is 4.13. The summed E-state index contributed by atoms with van der Waals surface area (Å²) in [6.45, 7) is 1.34. The van der Waals surface area contributed by atoms with E-state index in [4.69, 9.17) is 11.6 Å². The Morgan fingerprint density at radius 1 is 1.32 bits per heavy atom. The summed E-state index contributed by atoms with van der Waals surface area (Å²) in [7, 11) is 0. The molecule has 1 saturated carbocycles. The van der Waals surface area contributed by atoms with Gasteiger partial charge in [0.15, 0.2) is 0 Å². The van der Waals surface area contributed by atoms with Gasteiger partial charge in [0.1, 0.15) is 0 Å². The van der Waals surface area contributed by atoms with Crippen molar-refractivity contribution in [3.05, 3.63) is 34.9 Å². The zero-order valence-corrected chi connectivity index (χ0v) is 11.8. The van der Waals surface area contributed by atoms with Crippen molar-refractivity contribution in [2.75, 3.05) is 13.1 Å². The molecule has 0 radical (unpaired) electrons. The molecule has 0 aromatic heterocycles. The average Bonchev–Trinajstić information content (AvgIpc) is 2.39. The molecule has 2 rings (SSSR count). The second kappa shape index (κ2) is 7.25. The largest absolute Gasteiger partial charge is 0.393 e. The predicted molar refractivity (Wildman–Crippen MR) is 77.2 cm³/mol. The number of rotatable bonds is 5. The lowest BCUT2D eigenvalue weighted by atomic mass is 9.87. The minimum Gasteiger partial charge on any atom is -0.393 e. The van der Waals surface area contributed by atoms with Crippen LogP contribution in [0.2, 0.25) is 5.02 Å². The molecule has 4 heteroatoms. The number of hydrogen-bond acceptors (Lipinski definition) is 3. The number of aliphatic hydroxyl groups is 2. The molecular weight excluding hydrogens is 262 g/mol. The van der Waals surface area contributed by atoms with Crippen molar-refractivity contribution >= 4 is 11.6 Å². The molecule has 1 fully saturated rings. The van der Waals surface area contributed by atoms with Gasteiger partial charge in [-0.3, -0.25) is 0 Å². The first kappa shape index (κ1) is 14.8. The first-order chi connectivity index (χ1) is 9.16. The van der Waals surface area contributed by atoms with Gasteiger partial charge >= 0.3 is 0 Å². The summed E-state index contributed by atoms with van der Waals surface area (Å²) in [6.07, 6.45) is 3.33. The summed E-state index contributed by atoms with van der Waals surface area (Å²) in [6, 6.07) is 7.37. The van der Waals surface area contributed by atoms with Crippen LogP contribution in [0.5, 0.6) is 0 Å². The Labute approximate surface area is 119 Å². The Kier molecular flexibility index (Phi) is 5.64. The predicted octanol–water partition coefficient (Wildman–Crippen LogP) is 2.51. The highest BCUT2D eigenvalue weighted by atomic mass is 35.5. The minimum atomic E-state index is -0.581. The van der Waals surface area contributed by atoms with Gasteiger partial charge in [0, 0.05) is 17.1 Å². The lowest BCUT2D eigenvalue weighted by molar-refractivity contribution is 0.0983. The first-order valence-corrected chi connectivity index (χ1v) is 7.36. The maximum Gasteiger partial charge on any atom is 0.0928 e. The van der Waals surface area contributed by atoms with Gasteiger partial charge in [-0.15, -0.1) is 0 Å². The summed E-state index contributed by atoms with van der Waals surface area (Å²) in [5.41, 5.74) is 0.764. The van der Waals surface area contributed by atoms with Gasteiger partial charge in [-0.25, -0.2) is 0 Å². The molecule has 1 aliphatic carbocycles. The number of benzene rings is 1. The van der Waals surface area contributed by atoms with Gasteiger partial charge in [0.05, 0.1) is 12.2 Å². The van der Waals surface area contributed by atoms with Crippen molar-refractivity contribution in [2.24, 2.45) is 5.92 Å². The van der Waals surface area contributed by atoms with E-state index in [0.717, 1.165) is 37.8 Å². The van der Waals surface area contributed by atoms with Crippen LogP contribution < -0.4 is 5.32 Å². The van der Waals surface area contributed by atoms with Crippen LogP contribution in [0.1, 0.15) is 37.4 Å². The normalized spacial score (nSPS) is 25.2. The van der Waals surface area contributed by atoms with Crippen LogP contribution in [-0.2, 0) is 0 Å². The Morgan fingerprint density at radius 3 is 2.84 bits per heavy atom. The van der Waals surface area contributed by atoms with Gasteiger partial charge < -0.3 is 15.5 Å². The van der Waals surface area contributed by atoms with Gasteiger partial charge in [-0.05, 0) is 37.8 Å². The van der Waals surface area contributed by atoms with Crippen molar-refractivity contribution in [1.29, 1.82) is 0 Å². The molecule has 19 heavy (non-hydrogen) atoms. The Hall–Kier alpha value is -0.610. The van der Waals surface area contributed by atoms with Gasteiger partial charge in [-0.2, -0.15) is 0 Å². The van der Waals surface area contributed by atoms with E-state index in [9.17, 15) is 10.2 Å². The molecule has 1 aromatic carbocycles. The Balaban J connectivity index is 1.75. The second-order valence-electron chi connectivity index (χ2n) is 5.38. The number of hydrogen-bond donors (Lipinski definition) is 3. The molecule has 3 atom stereocenters. The van der Waals surface area contributed by atoms with Crippen molar-refractivity contribution in [3.8, 4) is 0 Å². The lowest BCUT2D eigenvalue weighted by Gasteiger charge is -2.26. The Bertz CT molecular complexity index is 399. The van der Waals surface area contributed by atoms with Crippen LogP contribution in [0.25, 0.3) is 0 Å². The fourth-order valence-electron chi connectivity index (χ4n) is 2.73. The molecule has 0 aliphatic heterocycles. The van der Waals surface area contributed by atoms with E-state index in [1.54, 1.807) is 6.07 Å². The standard InChI is InChI=1S/C15H22ClNO2/c16-14-7-2-1-6-13(14)15(19)10-17-9-11-4-3-5-12(18)8-11/h1-2,6-7,11-12,15,17-19H,3-5,8-10H2. The van der Waals surface area contributed by atoms with Gasteiger partial charge in [0.2, 0.25) is 0 Å². The molecule has 1 aliphatic rings. The van der Waals surface area contributed by atoms with Gasteiger partial charge in [0.25, 0.3) is 0 Å². The zero-order valence-electron chi connectivity index (χ0n) is 11.1. The molecule has 0 bridgehead atoms. The molecule has 1 aromatic rings. The van der Waals surface area contributed by atoms with E-state index in [0.29, 0.717) is 17.5 Å². The summed E-state index contributed by atoms with van der Waals surface area (Å²) in [4.78, 5) is 0. The van der Waals surface area contributed by atoms with E-state index < -0.39 is 6.10 Å². The maximum absolute atomic E-state index is 10.1. The molecule has 3 N–H and O–H groups in total. The fraction of sp³-hybridized carbons (Fsp3) is 0.600. The Morgan fingerprint density at radius 2 is 2.11 bits per heavy atom. The van der Waals surface area contributed by atoms with Crippen LogP contribution in [0.15, 0.2) is 24.3 Å². The third kappa shape index (κ3) is 4.46. The van der Waals surface area contributed by atoms with E-state index in [2.05, 4.69) is 5.32 Å². The molecule has 3 nitrogen and oxygen atoms in total. The third-order valence-electron chi connectivity index (χ3n) is 3.79. The molecule has 106 valence electrons. The van der Waals surface area contributed by atoms with E-state index >= 15 is 0 Å². The number of aliphatic hydroxyl groups excluding tert-OH is 2. The molecule has 0 amide bonds. The van der Waals surface area contributed by atoms with Crippen molar-refractivity contribution in [1.82, 2.24) is 5.32 Å². The first-order valence-electron chi connectivity index (χ1n) is 6.98. The highest BCUT2D eigenvalue weighted by Crippen LogP contribution is 2.24. The molecule has 0 heterocycles. The van der Waals surface area contributed by atoms with E-state index in [-0.39, 0.29) is 6.10 Å². The van der Waals surface area contributed by atoms with Crippen LogP contribution in [0.4, 0.5) is 0 Å². The number of halogens is 1. The van der Waals surface area contributed by atoms with Crippen molar-refractivity contribution < 1.29 is 10.2 Å². The summed E-state index contributed by atoms with van der Waals surface area (Å²) in [5, 5.41) is 23.6. The summed E-state index contributed by atoms with van der Waals surface area (Å²) in [5.74, 6) is 0.516. The second-order valence-corrected chi connectivity index (χ2v) is 5.79. The quantitative estimate of drug-likeness (QED) is 0.778. The fourth-order valence-corrected chi connectivity index (χ4v) is 2.99. The molecule has 0 spiro atoms. The minimum absolute atomic E-state index is 0.144. The van der Waals surface area contributed by atoms with E-state index in [1.165, 1.54) is 0 Å². The van der Waals surface area contributed by atoms with Crippen molar-refractivity contribution in [3.63, 3.8) is 0 Å². The summed E-state index contributed by atoms with van der Waals surface area (Å²) < 4.78 is 0. The number of nitrogens with one attached hydrogen (secondary N) is 1. The maximum atomic E-state index is 10.1. The highest BCUT2D eigenvalue weighted by molar-refractivity contribution is 6.31. The monoisotopic (exact) mass is 283 g/mol. The molecule has 3 unspecified atom stereocenters. The topological polar surface area (TPSA) is 52.5 Å². The van der Waals surface area contributed by atoms with Crippen LogP contribution in [0.3, 0.4) is 0 Å². The molecular formula is C15H22ClNO2. The average molecular weight is 284 g/mol. The van der Waals surface area contributed by atoms with Crippen molar-refractivity contribution in [2.45, 2.75) is 37.9 Å². The van der Waals surface area contributed by atoms with Crippen LogP contribution >= 0.6 is 11.6 Å². The van der Waals surface area contributed by atoms with Gasteiger partial charge in [-0.1, -0.05) is 36.2 Å². The lowest BCUT2D eigenvalue weighted by Crippen LogP contribution is -2.31.